The summed E-state index contributed by atoms with van der Waals surface area (Å²) in [6.45, 7) is 4.56. The highest BCUT2D eigenvalue weighted by atomic mass is 16.5. The topological polar surface area (TPSA) is 30.5 Å². The predicted molar refractivity (Wildman–Crippen MR) is 57.5 cm³/mol. The van der Waals surface area contributed by atoms with Crippen LogP contribution in [-0.4, -0.2) is 40.0 Å². The lowest BCUT2D eigenvalue weighted by Crippen LogP contribution is -2.32. The van der Waals surface area contributed by atoms with E-state index in [1.54, 1.807) is 7.11 Å². The summed E-state index contributed by atoms with van der Waals surface area (Å²) < 4.78 is 10.4. The van der Waals surface area contributed by atoms with E-state index < -0.39 is 0 Å². The van der Waals surface area contributed by atoms with Crippen LogP contribution in [-0.2, 0) is 9.47 Å². The number of hydrogen-bond acceptors (Lipinski definition) is 3. The summed E-state index contributed by atoms with van der Waals surface area (Å²) >= 11 is 0. The zero-order valence-corrected chi connectivity index (χ0v) is 9.64. The minimum Gasteiger partial charge on any atom is -0.382 e. The van der Waals surface area contributed by atoms with Gasteiger partial charge in [0.2, 0.25) is 0 Å². The maximum atomic E-state index is 5.49. The fourth-order valence-electron chi connectivity index (χ4n) is 1.89. The third kappa shape index (κ3) is 3.23. The fraction of sp³-hybridized carbons (Fsp3) is 1.00. The van der Waals surface area contributed by atoms with Gasteiger partial charge >= 0.3 is 0 Å². The summed E-state index contributed by atoms with van der Waals surface area (Å²) in [6, 6.07) is 0.619. The Morgan fingerprint density at radius 3 is 2.50 bits per heavy atom. The molecule has 0 amide bonds. The summed E-state index contributed by atoms with van der Waals surface area (Å²) in [4.78, 5) is 0. The van der Waals surface area contributed by atoms with Gasteiger partial charge in [0.1, 0.15) is 0 Å². The Labute approximate surface area is 87.2 Å². The highest BCUT2D eigenvalue weighted by Gasteiger charge is 2.46. The van der Waals surface area contributed by atoms with E-state index >= 15 is 0 Å². The Bertz CT molecular complexity index is 157. The molecule has 1 saturated carbocycles. The van der Waals surface area contributed by atoms with Gasteiger partial charge in [-0.1, -0.05) is 0 Å². The molecule has 0 radical (unpaired) electrons. The van der Waals surface area contributed by atoms with Gasteiger partial charge in [-0.2, -0.15) is 0 Å². The van der Waals surface area contributed by atoms with Crippen LogP contribution in [0.5, 0.6) is 0 Å². The molecule has 14 heavy (non-hydrogen) atoms. The lowest BCUT2D eigenvalue weighted by molar-refractivity contribution is 0.0594. The number of methoxy groups -OCH3 is 1. The molecule has 3 heteroatoms. The molecule has 84 valence electrons. The SMILES string of the molecule is CNC(C)C1(CCOCCOC)CC1. The van der Waals surface area contributed by atoms with Gasteiger partial charge < -0.3 is 14.8 Å². The van der Waals surface area contributed by atoms with Gasteiger partial charge in [-0.05, 0) is 38.6 Å². The smallest absolute Gasteiger partial charge is 0.0700 e. The van der Waals surface area contributed by atoms with Gasteiger partial charge in [-0.3, -0.25) is 0 Å². The molecule has 1 unspecified atom stereocenters. The van der Waals surface area contributed by atoms with Crippen LogP contribution >= 0.6 is 0 Å². The van der Waals surface area contributed by atoms with Crippen molar-refractivity contribution in [3.05, 3.63) is 0 Å². The van der Waals surface area contributed by atoms with Gasteiger partial charge in [0.25, 0.3) is 0 Å². The van der Waals surface area contributed by atoms with Crippen molar-refractivity contribution in [2.45, 2.75) is 32.2 Å². The van der Waals surface area contributed by atoms with Crippen LogP contribution < -0.4 is 5.32 Å². The van der Waals surface area contributed by atoms with E-state index in [9.17, 15) is 0 Å². The molecule has 1 fully saturated rings. The molecule has 0 bridgehead atoms. The van der Waals surface area contributed by atoms with E-state index in [2.05, 4.69) is 12.2 Å². The second-order valence-electron chi connectivity index (χ2n) is 4.23. The van der Waals surface area contributed by atoms with Crippen LogP contribution in [0.4, 0.5) is 0 Å². The average Bonchev–Trinajstić information content (AvgIpc) is 2.98. The average molecular weight is 201 g/mol. The van der Waals surface area contributed by atoms with E-state index in [0.717, 1.165) is 13.2 Å². The second kappa shape index (κ2) is 5.69. The molecule has 1 aliphatic rings. The molecule has 3 nitrogen and oxygen atoms in total. The van der Waals surface area contributed by atoms with Crippen LogP contribution in [0, 0.1) is 5.41 Å². The van der Waals surface area contributed by atoms with Crippen LogP contribution in [0.15, 0.2) is 0 Å². The molecular formula is C11H23NO2. The van der Waals surface area contributed by atoms with Crippen LogP contribution in [0.2, 0.25) is 0 Å². The maximum Gasteiger partial charge on any atom is 0.0700 e. The predicted octanol–water partition coefficient (Wildman–Crippen LogP) is 1.43. The highest BCUT2D eigenvalue weighted by molar-refractivity contribution is 4.99. The largest absolute Gasteiger partial charge is 0.382 e. The Balaban J connectivity index is 2.06. The summed E-state index contributed by atoms with van der Waals surface area (Å²) in [5.41, 5.74) is 0.530. The first-order chi connectivity index (χ1) is 6.75. The van der Waals surface area contributed by atoms with Crippen LogP contribution in [0.25, 0.3) is 0 Å². The van der Waals surface area contributed by atoms with Gasteiger partial charge in [-0.15, -0.1) is 0 Å². The fourth-order valence-corrected chi connectivity index (χ4v) is 1.89. The summed E-state index contributed by atoms with van der Waals surface area (Å²) in [5.74, 6) is 0. The van der Waals surface area contributed by atoms with Crippen molar-refractivity contribution >= 4 is 0 Å². The number of rotatable bonds is 8. The minimum absolute atomic E-state index is 0.530. The summed E-state index contributed by atoms with van der Waals surface area (Å²) in [6.07, 6.45) is 3.88. The van der Waals surface area contributed by atoms with Gasteiger partial charge in [0.15, 0.2) is 0 Å². The van der Waals surface area contributed by atoms with E-state index in [1.807, 2.05) is 7.05 Å². The van der Waals surface area contributed by atoms with Crippen molar-refractivity contribution in [3.8, 4) is 0 Å². The van der Waals surface area contributed by atoms with Gasteiger partial charge in [0.05, 0.1) is 13.2 Å². The first-order valence-electron chi connectivity index (χ1n) is 5.49. The summed E-state index contributed by atoms with van der Waals surface area (Å²) in [7, 11) is 3.74. The first kappa shape index (κ1) is 12.0. The monoisotopic (exact) mass is 201 g/mol. The zero-order valence-electron chi connectivity index (χ0n) is 9.64. The van der Waals surface area contributed by atoms with Gasteiger partial charge in [-0.25, -0.2) is 0 Å². The molecule has 0 aromatic carbocycles. The van der Waals surface area contributed by atoms with Crippen molar-refractivity contribution in [2.75, 3.05) is 34.0 Å². The van der Waals surface area contributed by atoms with E-state index in [-0.39, 0.29) is 0 Å². The van der Waals surface area contributed by atoms with Crippen LogP contribution in [0.1, 0.15) is 26.2 Å². The molecule has 0 saturated heterocycles. The molecule has 1 atom stereocenters. The van der Waals surface area contributed by atoms with Crippen molar-refractivity contribution in [1.29, 1.82) is 0 Å². The Kier molecular flexibility index (Phi) is 4.85. The Morgan fingerprint density at radius 2 is 2.00 bits per heavy atom. The number of hydrogen-bond donors (Lipinski definition) is 1. The van der Waals surface area contributed by atoms with Crippen molar-refractivity contribution < 1.29 is 9.47 Å². The molecule has 1 aliphatic carbocycles. The molecule has 0 aromatic rings. The number of nitrogens with one attached hydrogen (secondary N) is 1. The third-order valence-electron chi connectivity index (χ3n) is 3.42. The van der Waals surface area contributed by atoms with E-state index in [1.165, 1.54) is 19.3 Å². The Hall–Kier alpha value is -0.120. The molecular weight excluding hydrogens is 178 g/mol. The van der Waals surface area contributed by atoms with Crippen molar-refractivity contribution in [1.82, 2.24) is 5.32 Å². The standard InChI is InChI=1S/C11H23NO2/c1-10(12-2)11(4-5-11)6-7-14-9-8-13-3/h10,12H,4-9H2,1-3H3. The molecule has 0 spiro atoms. The summed E-state index contributed by atoms with van der Waals surface area (Å²) in [5, 5.41) is 3.34. The molecule has 0 aromatic heterocycles. The molecule has 0 aliphatic heterocycles. The van der Waals surface area contributed by atoms with Crippen LogP contribution in [0.3, 0.4) is 0 Å². The van der Waals surface area contributed by atoms with E-state index in [0.29, 0.717) is 18.1 Å². The van der Waals surface area contributed by atoms with E-state index in [4.69, 9.17) is 9.47 Å². The van der Waals surface area contributed by atoms with Crippen molar-refractivity contribution in [3.63, 3.8) is 0 Å². The first-order valence-corrected chi connectivity index (χ1v) is 5.49. The minimum atomic E-state index is 0.530. The lowest BCUT2D eigenvalue weighted by atomic mass is 9.94. The molecule has 1 N–H and O–H groups in total. The molecule has 1 rings (SSSR count). The lowest BCUT2D eigenvalue weighted by Gasteiger charge is -2.22. The zero-order chi connectivity index (χ0) is 10.4. The molecule has 0 heterocycles. The highest BCUT2D eigenvalue weighted by Crippen LogP contribution is 2.51. The maximum absolute atomic E-state index is 5.49. The Morgan fingerprint density at radius 1 is 1.29 bits per heavy atom. The normalized spacial score (nSPS) is 20.8. The van der Waals surface area contributed by atoms with Gasteiger partial charge in [0, 0.05) is 19.8 Å². The second-order valence-corrected chi connectivity index (χ2v) is 4.23. The quantitative estimate of drug-likeness (QED) is 0.603. The number of ether oxygens (including phenoxy) is 2. The third-order valence-corrected chi connectivity index (χ3v) is 3.42. The van der Waals surface area contributed by atoms with Crippen molar-refractivity contribution in [2.24, 2.45) is 5.41 Å².